The van der Waals surface area contributed by atoms with Crippen LogP contribution in [0.25, 0.3) is 0 Å². The molecule has 0 amide bonds. The van der Waals surface area contributed by atoms with Gasteiger partial charge in [0.05, 0.1) is 6.61 Å². The maximum Gasteiger partial charge on any atom is 0.123 e. The molecule has 2 aromatic rings. The predicted octanol–water partition coefficient (Wildman–Crippen LogP) is 2.64. The number of hydrogen-bond donors (Lipinski definition) is 3. The van der Waals surface area contributed by atoms with Crippen molar-refractivity contribution in [3.8, 4) is 5.75 Å². The van der Waals surface area contributed by atoms with Gasteiger partial charge in [-0.2, -0.15) is 0 Å². The molecule has 0 fully saturated rings. The molecule has 18 heavy (non-hydrogen) atoms. The first-order valence-electron chi connectivity index (χ1n) is 5.60. The van der Waals surface area contributed by atoms with Gasteiger partial charge in [-0.05, 0) is 24.3 Å². The van der Waals surface area contributed by atoms with Crippen LogP contribution in [0.2, 0.25) is 0 Å². The van der Waals surface area contributed by atoms with E-state index >= 15 is 0 Å². The molecule has 0 aliphatic carbocycles. The Labute approximate surface area is 105 Å². The van der Waals surface area contributed by atoms with Gasteiger partial charge < -0.3 is 15.5 Å². The summed E-state index contributed by atoms with van der Waals surface area (Å²) in [5, 5.41) is 21.8. The van der Waals surface area contributed by atoms with E-state index in [-0.39, 0.29) is 18.2 Å². The van der Waals surface area contributed by atoms with Crippen LogP contribution < -0.4 is 5.32 Å². The molecule has 0 saturated heterocycles. The molecule has 4 heteroatoms. The zero-order chi connectivity index (χ0) is 13.0. The third kappa shape index (κ3) is 2.78. The molecular formula is C14H14FNO2. The van der Waals surface area contributed by atoms with Gasteiger partial charge in [-0.3, -0.25) is 0 Å². The third-order valence-corrected chi connectivity index (χ3v) is 2.70. The minimum atomic E-state index is -0.389. The Bertz CT molecular complexity index is 543. The lowest BCUT2D eigenvalue weighted by atomic mass is 10.1. The quantitative estimate of drug-likeness (QED) is 0.778. The summed E-state index contributed by atoms with van der Waals surface area (Å²) >= 11 is 0. The minimum Gasteiger partial charge on any atom is -0.508 e. The number of aliphatic hydroxyl groups is 1. The summed E-state index contributed by atoms with van der Waals surface area (Å²) in [6.07, 6.45) is 0. The molecule has 0 aliphatic rings. The highest BCUT2D eigenvalue weighted by Crippen LogP contribution is 2.21. The van der Waals surface area contributed by atoms with Crippen molar-refractivity contribution in [1.82, 2.24) is 0 Å². The second-order valence-electron chi connectivity index (χ2n) is 3.94. The van der Waals surface area contributed by atoms with Crippen molar-refractivity contribution < 1.29 is 14.6 Å². The van der Waals surface area contributed by atoms with E-state index in [1.54, 1.807) is 6.07 Å². The fraction of sp³-hybridized carbons (Fsp3) is 0.143. The highest BCUT2D eigenvalue weighted by Gasteiger charge is 2.04. The second-order valence-corrected chi connectivity index (χ2v) is 3.94. The summed E-state index contributed by atoms with van der Waals surface area (Å²) in [5.74, 6) is -0.342. The third-order valence-electron chi connectivity index (χ3n) is 2.70. The molecule has 0 radical (unpaired) electrons. The molecule has 94 valence electrons. The minimum absolute atomic E-state index is 0.0466. The van der Waals surface area contributed by atoms with Crippen LogP contribution in [0.5, 0.6) is 5.75 Å². The van der Waals surface area contributed by atoms with E-state index in [1.165, 1.54) is 18.2 Å². The van der Waals surface area contributed by atoms with Crippen molar-refractivity contribution in [2.45, 2.75) is 13.2 Å². The lowest BCUT2D eigenvalue weighted by Crippen LogP contribution is -2.03. The number of para-hydroxylation sites is 1. The molecule has 2 rings (SSSR count). The van der Waals surface area contributed by atoms with Crippen molar-refractivity contribution in [1.29, 1.82) is 0 Å². The van der Waals surface area contributed by atoms with Crippen LogP contribution in [0.15, 0.2) is 42.5 Å². The van der Waals surface area contributed by atoms with Crippen LogP contribution in [0, 0.1) is 5.82 Å². The molecule has 0 saturated carbocycles. The standard InChI is InChI=1S/C14H14FNO2/c15-12-5-6-14(18)11(7-12)8-16-13-4-2-1-3-10(13)9-17/h1-7,16-18H,8-9H2. The van der Waals surface area contributed by atoms with E-state index in [0.29, 0.717) is 12.1 Å². The van der Waals surface area contributed by atoms with Gasteiger partial charge in [0.25, 0.3) is 0 Å². The second kappa shape index (κ2) is 5.51. The van der Waals surface area contributed by atoms with Crippen LogP contribution in [-0.2, 0) is 13.2 Å². The lowest BCUT2D eigenvalue weighted by molar-refractivity contribution is 0.282. The number of aromatic hydroxyl groups is 1. The van der Waals surface area contributed by atoms with Gasteiger partial charge >= 0.3 is 0 Å². The molecule has 3 N–H and O–H groups in total. The summed E-state index contributed by atoms with van der Waals surface area (Å²) in [5.41, 5.74) is 2.00. The van der Waals surface area contributed by atoms with Crippen LogP contribution in [0.4, 0.5) is 10.1 Å². The molecule has 2 aromatic carbocycles. The highest BCUT2D eigenvalue weighted by molar-refractivity contribution is 5.51. The number of hydrogen-bond acceptors (Lipinski definition) is 3. The molecule has 0 heterocycles. The monoisotopic (exact) mass is 247 g/mol. The Hall–Kier alpha value is -2.07. The molecule has 0 bridgehead atoms. The number of halogens is 1. The fourth-order valence-corrected chi connectivity index (χ4v) is 1.72. The molecule has 0 aromatic heterocycles. The average molecular weight is 247 g/mol. The van der Waals surface area contributed by atoms with E-state index in [0.717, 1.165) is 11.3 Å². The number of benzene rings is 2. The first kappa shape index (κ1) is 12.4. The summed E-state index contributed by atoms with van der Waals surface area (Å²) in [4.78, 5) is 0. The first-order chi connectivity index (χ1) is 8.70. The Morgan fingerprint density at radius 2 is 1.83 bits per heavy atom. The van der Waals surface area contributed by atoms with Gasteiger partial charge in [0.15, 0.2) is 0 Å². The zero-order valence-corrected chi connectivity index (χ0v) is 9.73. The number of phenolic OH excluding ortho intramolecular Hbond substituents is 1. The smallest absolute Gasteiger partial charge is 0.123 e. The average Bonchev–Trinajstić information content (AvgIpc) is 2.40. The topological polar surface area (TPSA) is 52.5 Å². The number of phenols is 1. The Morgan fingerprint density at radius 3 is 2.61 bits per heavy atom. The van der Waals surface area contributed by atoms with E-state index in [1.807, 2.05) is 18.2 Å². The number of nitrogens with one attached hydrogen (secondary N) is 1. The van der Waals surface area contributed by atoms with Crippen molar-refractivity contribution in [2.24, 2.45) is 0 Å². The molecular weight excluding hydrogens is 233 g/mol. The largest absolute Gasteiger partial charge is 0.508 e. The number of aliphatic hydroxyl groups excluding tert-OH is 1. The van der Waals surface area contributed by atoms with E-state index in [4.69, 9.17) is 5.11 Å². The first-order valence-corrected chi connectivity index (χ1v) is 5.60. The van der Waals surface area contributed by atoms with E-state index in [9.17, 15) is 9.50 Å². The van der Waals surface area contributed by atoms with E-state index in [2.05, 4.69) is 5.32 Å². The maximum absolute atomic E-state index is 13.0. The Kier molecular flexibility index (Phi) is 3.79. The van der Waals surface area contributed by atoms with Crippen molar-refractivity contribution in [3.63, 3.8) is 0 Å². The number of anilines is 1. The van der Waals surface area contributed by atoms with Crippen LogP contribution in [0.3, 0.4) is 0 Å². The van der Waals surface area contributed by atoms with Crippen LogP contribution >= 0.6 is 0 Å². The predicted molar refractivity (Wildman–Crippen MR) is 67.8 cm³/mol. The fourth-order valence-electron chi connectivity index (χ4n) is 1.72. The maximum atomic E-state index is 13.0. The Balaban J connectivity index is 2.14. The lowest BCUT2D eigenvalue weighted by Gasteiger charge is -2.11. The van der Waals surface area contributed by atoms with Crippen molar-refractivity contribution >= 4 is 5.69 Å². The van der Waals surface area contributed by atoms with Gasteiger partial charge in [0, 0.05) is 23.4 Å². The summed E-state index contributed by atoms with van der Waals surface area (Å²) < 4.78 is 13.0. The highest BCUT2D eigenvalue weighted by atomic mass is 19.1. The zero-order valence-electron chi connectivity index (χ0n) is 9.73. The molecule has 0 unspecified atom stereocenters. The molecule has 0 aliphatic heterocycles. The summed E-state index contributed by atoms with van der Waals surface area (Å²) in [6, 6.07) is 11.1. The van der Waals surface area contributed by atoms with Crippen molar-refractivity contribution in [2.75, 3.05) is 5.32 Å². The Morgan fingerprint density at radius 1 is 1.06 bits per heavy atom. The van der Waals surface area contributed by atoms with Gasteiger partial charge in [0.2, 0.25) is 0 Å². The van der Waals surface area contributed by atoms with Crippen LogP contribution in [-0.4, -0.2) is 10.2 Å². The van der Waals surface area contributed by atoms with Crippen LogP contribution in [0.1, 0.15) is 11.1 Å². The van der Waals surface area contributed by atoms with E-state index < -0.39 is 0 Å². The van der Waals surface area contributed by atoms with Crippen molar-refractivity contribution in [3.05, 3.63) is 59.4 Å². The normalized spacial score (nSPS) is 10.3. The number of rotatable bonds is 4. The molecule has 3 nitrogen and oxygen atoms in total. The van der Waals surface area contributed by atoms with Gasteiger partial charge in [-0.1, -0.05) is 18.2 Å². The summed E-state index contributed by atoms with van der Waals surface area (Å²) in [7, 11) is 0. The SMILES string of the molecule is OCc1ccccc1NCc1cc(F)ccc1O. The summed E-state index contributed by atoms with van der Waals surface area (Å²) in [6.45, 7) is 0.221. The van der Waals surface area contributed by atoms with Gasteiger partial charge in [0.1, 0.15) is 11.6 Å². The van der Waals surface area contributed by atoms with Gasteiger partial charge in [-0.15, -0.1) is 0 Å². The van der Waals surface area contributed by atoms with Gasteiger partial charge in [-0.25, -0.2) is 4.39 Å². The molecule has 0 spiro atoms. The molecule has 0 atom stereocenters.